The van der Waals surface area contributed by atoms with Crippen LogP contribution < -0.4 is 10.6 Å². The SMILES string of the molecule is CNCC(C)C(=O)NCCc1cnn(C)c1. The fraction of sp³-hybridized carbons (Fsp3) is 0.636. The van der Waals surface area contributed by atoms with Crippen molar-refractivity contribution in [3.05, 3.63) is 18.0 Å². The van der Waals surface area contributed by atoms with Gasteiger partial charge in [0.15, 0.2) is 0 Å². The summed E-state index contributed by atoms with van der Waals surface area (Å²) in [5.41, 5.74) is 1.14. The zero-order chi connectivity index (χ0) is 12.0. The lowest BCUT2D eigenvalue weighted by molar-refractivity contribution is -0.124. The lowest BCUT2D eigenvalue weighted by atomic mass is 10.1. The van der Waals surface area contributed by atoms with Gasteiger partial charge in [0.1, 0.15) is 0 Å². The maximum Gasteiger partial charge on any atom is 0.224 e. The van der Waals surface area contributed by atoms with Gasteiger partial charge in [-0.1, -0.05) is 6.92 Å². The highest BCUT2D eigenvalue weighted by Gasteiger charge is 2.10. The largest absolute Gasteiger partial charge is 0.355 e. The van der Waals surface area contributed by atoms with Crippen molar-refractivity contribution < 1.29 is 4.79 Å². The van der Waals surface area contributed by atoms with E-state index < -0.39 is 0 Å². The van der Waals surface area contributed by atoms with Crippen LogP contribution in [0.5, 0.6) is 0 Å². The molecule has 0 saturated carbocycles. The molecule has 2 N–H and O–H groups in total. The van der Waals surface area contributed by atoms with Gasteiger partial charge in [0.05, 0.1) is 6.20 Å². The zero-order valence-electron chi connectivity index (χ0n) is 10.2. The van der Waals surface area contributed by atoms with Gasteiger partial charge in [0.25, 0.3) is 0 Å². The van der Waals surface area contributed by atoms with E-state index in [1.807, 2.05) is 33.4 Å². The second kappa shape index (κ2) is 6.27. The predicted octanol–water partition coefficient (Wildman–Crippen LogP) is -0.0657. The Hall–Kier alpha value is -1.36. The quantitative estimate of drug-likeness (QED) is 0.711. The molecule has 16 heavy (non-hydrogen) atoms. The number of amides is 1. The number of hydrogen-bond acceptors (Lipinski definition) is 3. The maximum absolute atomic E-state index is 11.6. The zero-order valence-corrected chi connectivity index (χ0v) is 10.2. The van der Waals surface area contributed by atoms with Crippen molar-refractivity contribution in [2.75, 3.05) is 20.1 Å². The van der Waals surface area contributed by atoms with Crippen LogP contribution in [0.15, 0.2) is 12.4 Å². The first-order chi connectivity index (χ1) is 7.63. The van der Waals surface area contributed by atoms with Crippen LogP contribution in [-0.2, 0) is 18.3 Å². The van der Waals surface area contributed by atoms with Gasteiger partial charge in [-0.05, 0) is 19.0 Å². The summed E-state index contributed by atoms with van der Waals surface area (Å²) in [5, 5.41) is 9.97. The molecule has 0 saturated heterocycles. The lowest BCUT2D eigenvalue weighted by Gasteiger charge is -2.10. The van der Waals surface area contributed by atoms with E-state index in [9.17, 15) is 4.79 Å². The molecule has 0 radical (unpaired) electrons. The fourth-order valence-corrected chi connectivity index (χ4v) is 1.50. The molecular formula is C11H20N4O. The van der Waals surface area contributed by atoms with E-state index in [1.165, 1.54) is 0 Å². The van der Waals surface area contributed by atoms with Crippen LogP contribution in [-0.4, -0.2) is 35.8 Å². The van der Waals surface area contributed by atoms with Crippen molar-refractivity contribution in [1.82, 2.24) is 20.4 Å². The number of nitrogens with one attached hydrogen (secondary N) is 2. The molecule has 5 heteroatoms. The second-order valence-corrected chi connectivity index (χ2v) is 4.02. The predicted molar refractivity (Wildman–Crippen MR) is 63.0 cm³/mol. The average molecular weight is 224 g/mol. The molecule has 1 atom stereocenters. The van der Waals surface area contributed by atoms with Crippen molar-refractivity contribution in [1.29, 1.82) is 0 Å². The number of aromatic nitrogens is 2. The van der Waals surface area contributed by atoms with E-state index in [-0.39, 0.29) is 11.8 Å². The van der Waals surface area contributed by atoms with Gasteiger partial charge in [-0.25, -0.2) is 0 Å². The first kappa shape index (κ1) is 12.7. The molecule has 1 rings (SSSR count). The number of hydrogen-bond donors (Lipinski definition) is 2. The smallest absolute Gasteiger partial charge is 0.224 e. The summed E-state index contributed by atoms with van der Waals surface area (Å²) >= 11 is 0. The fourth-order valence-electron chi connectivity index (χ4n) is 1.50. The maximum atomic E-state index is 11.6. The van der Waals surface area contributed by atoms with Gasteiger partial charge in [-0.2, -0.15) is 5.10 Å². The molecule has 5 nitrogen and oxygen atoms in total. The molecule has 1 heterocycles. The number of carbonyl (C=O) groups is 1. The topological polar surface area (TPSA) is 59.0 Å². The van der Waals surface area contributed by atoms with E-state index in [1.54, 1.807) is 4.68 Å². The van der Waals surface area contributed by atoms with Crippen LogP contribution in [0.2, 0.25) is 0 Å². The summed E-state index contributed by atoms with van der Waals surface area (Å²) in [4.78, 5) is 11.6. The van der Waals surface area contributed by atoms with Crippen LogP contribution in [0, 0.1) is 5.92 Å². The molecule has 1 amide bonds. The van der Waals surface area contributed by atoms with Gasteiger partial charge in [0, 0.05) is 32.3 Å². The highest BCUT2D eigenvalue weighted by Crippen LogP contribution is 1.97. The minimum atomic E-state index is 0.0129. The van der Waals surface area contributed by atoms with E-state index in [0.29, 0.717) is 13.1 Å². The van der Waals surface area contributed by atoms with Gasteiger partial charge >= 0.3 is 0 Å². The second-order valence-electron chi connectivity index (χ2n) is 4.02. The highest BCUT2D eigenvalue weighted by molar-refractivity contribution is 5.78. The number of carbonyl (C=O) groups excluding carboxylic acids is 1. The number of aryl methyl sites for hydroxylation is 1. The Kier molecular flexibility index (Phi) is 4.98. The molecule has 0 spiro atoms. The highest BCUT2D eigenvalue weighted by atomic mass is 16.1. The molecule has 0 bridgehead atoms. The van der Waals surface area contributed by atoms with Gasteiger partial charge in [-0.15, -0.1) is 0 Å². The average Bonchev–Trinajstić information content (AvgIpc) is 2.64. The van der Waals surface area contributed by atoms with Crippen LogP contribution in [0.4, 0.5) is 0 Å². The molecule has 1 unspecified atom stereocenters. The molecular weight excluding hydrogens is 204 g/mol. The first-order valence-corrected chi connectivity index (χ1v) is 5.53. The number of rotatable bonds is 6. The molecule has 90 valence electrons. The summed E-state index contributed by atoms with van der Waals surface area (Å²) in [7, 11) is 3.73. The Balaban J connectivity index is 2.22. The van der Waals surface area contributed by atoms with E-state index >= 15 is 0 Å². The van der Waals surface area contributed by atoms with Crippen molar-refractivity contribution in [2.24, 2.45) is 13.0 Å². The molecule has 0 aliphatic rings. The van der Waals surface area contributed by atoms with Crippen molar-refractivity contribution in [3.8, 4) is 0 Å². The standard InChI is InChI=1S/C11H20N4O/c1-9(6-12-2)11(16)13-5-4-10-7-14-15(3)8-10/h7-9,12H,4-6H2,1-3H3,(H,13,16). The molecule has 1 aromatic rings. The summed E-state index contributed by atoms with van der Waals surface area (Å²) in [6.45, 7) is 3.28. The summed E-state index contributed by atoms with van der Waals surface area (Å²) < 4.78 is 1.76. The minimum Gasteiger partial charge on any atom is -0.355 e. The van der Waals surface area contributed by atoms with E-state index in [0.717, 1.165) is 12.0 Å². The first-order valence-electron chi connectivity index (χ1n) is 5.53. The molecule has 0 aromatic carbocycles. The monoisotopic (exact) mass is 224 g/mol. The Bertz CT molecular complexity index is 334. The summed E-state index contributed by atoms with van der Waals surface area (Å²) in [6.07, 6.45) is 4.61. The third-order valence-corrected chi connectivity index (χ3v) is 2.43. The van der Waals surface area contributed by atoms with Gasteiger partial charge < -0.3 is 10.6 Å². The van der Waals surface area contributed by atoms with Crippen molar-refractivity contribution in [2.45, 2.75) is 13.3 Å². The van der Waals surface area contributed by atoms with E-state index in [2.05, 4.69) is 15.7 Å². The van der Waals surface area contributed by atoms with Crippen LogP contribution in [0.25, 0.3) is 0 Å². The third-order valence-electron chi connectivity index (χ3n) is 2.43. The summed E-state index contributed by atoms with van der Waals surface area (Å²) in [6, 6.07) is 0. The molecule has 0 fully saturated rings. The Labute approximate surface area is 96.2 Å². The molecule has 0 aliphatic carbocycles. The molecule has 0 aliphatic heterocycles. The Morgan fingerprint density at radius 1 is 1.62 bits per heavy atom. The Morgan fingerprint density at radius 3 is 2.94 bits per heavy atom. The van der Waals surface area contributed by atoms with Crippen molar-refractivity contribution in [3.63, 3.8) is 0 Å². The van der Waals surface area contributed by atoms with Gasteiger partial charge in [0.2, 0.25) is 5.91 Å². The summed E-state index contributed by atoms with van der Waals surface area (Å²) in [5.74, 6) is 0.108. The minimum absolute atomic E-state index is 0.0129. The lowest BCUT2D eigenvalue weighted by Crippen LogP contribution is -2.35. The van der Waals surface area contributed by atoms with Crippen LogP contribution in [0.3, 0.4) is 0 Å². The third kappa shape index (κ3) is 4.02. The van der Waals surface area contributed by atoms with Crippen LogP contribution >= 0.6 is 0 Å². The van der Waals surface area contributed by atoms with E-state index in [4.69, 9.17) is 0 Å². The van der Waals surface area contributed by atoms with Gasteiger partial charge in [-0.3, -0.25) is 9.48 Å². The molecule has 1 aromatic heterocycles. The van der Waals surface area contributed by atoms with Crippen LogP contribution in [0.1, 0.15) is 12.5 Å². The normalized spacial score (nSPS) is 12.4. The van der Waals surface area contributed by atoms with Crippen molar-refractivity contribution >= 4 is 5.91 Å². The number of nitrogens with zero attached hydrogens (tertiary/aromatic N) is 2. The Morgan fingerprint density at radius 2 is 2.38 bits per heavy atom.